The Morgan fingerprint density at radius 1 is 1.29 bits per heavy atom. The summed E-state index contributed by atoms with van der Waals surface area (Å²) >= 11 is 6.08. The van der Waals surface area contributed by atoms with Gasteiger partial charge in [-0.05, 0) is 38.3 Å². The fraction of sp³-hybridized carbons (Fsp3) is 0.600. The van der Waals surface area contributed by atoms with Crippen LogP contribution in [-0.4, -0.2) is 42.3 Å². The number of nitrogens with one attached hydrogen (secondary N) is 2. The normalized spacial score (nSPS) is 17.9. The molecule has 1 atom stereocenters. The van der Waals surface area contributed by atoms with Crippen LogP contribution >= 0.6 is 24.0 Å². The van der Waals surface area contributed by atoms with Crippen LogP contribution in [0.2, 0.25) is 5.02 Å². The average molecular weight is 399 g/mol. The summed E-state index contributed by atoms with van der Waals surface area (Å²) in [6.45, 7) is 2.38. The summed E-state index contributed by atoms with van der Waals surface area (Å²) in [5.74, 6) is 1.23. The lowest BCUT2D eigenvalue weighted by Crippen LogP contribution is -2.33. The van der Waals surface area contributed by atoms with Crippen LogP contribution in [0.3, 0.4) is 0 Å². The second kappa shape index (κ2) is 9.68. The molecule has 0 radical (unpaired) electrons. The largest absolute Gasteiger partial charge is 0.493 e. The van der Waals surface area contributed by atoms with E-state index < -0.39 is 10.0 Å². The van der Waals surface area contributed by atoms with Crippen molar-refractivity contribution in [3.05, 3.63) is 17.2 Å². The number of methoxy groups -OCH3 is 2. The molecule has 1 heterocycles. The number of sulfonamides is 1. The lowest BCUT2D eigenvalue weighted by Gasteiger charge is -2.22. The van der Waals surface area contributed by atoms with E-state index in [1.807, 2.05) is 0 Å². The Balaban J connectivity index is 0.00000288. The average Bonchev–Trinajstić information content (AvgIpc) is 2.55. The van der Waals surface area contributed by atoms with E-state index in [0.717, 1.165) is 32.4 Å². The number of hydrogen-bond acceptors (Lipinski definition) is 5. The summed E-state index contributed by atoms with van der Waals surface area (Å²) in [7, 11) is -0.766. The SMILES string of the molecule is COc1cc(Cl)c(S(=O)(=O)NCCC2CCCNC2)cc1OC.Cl. The molecule has 1 aliphatic heterocycles. The van der Waals surface area contributed by atoms with Gasteiger partial charge in [-0.2, -0.15) is 0 Å². The van der Waals surface area contributed by atoms with Crippen LogP contribution in [0.5, 0.6) is 11.5 Å². The number of rotatable bonds is 7. The summed E-state index contributed by atoms with van der Waals surface area (Å²) in [6, 6.07) is 2.83. The molecule has 2 rings (SSSR count). The summed E-state index contributed by atoms with van der Waals surface area (Å²) in [5, 5.41) is 3.43. The molecular weight excluding hydrogens is 375 g/mol. The van der Waals surface area contributed by atoms with Crippen molar-refractivity contribution in [2.24, 2.45) is 5.92 Å². The van der Waals surface area contributed by atoms with Crippen molar-refractivity contribution < 1.29 is 17.9 Å². The topological polar surface area (TPSA) is 76.7 Å². The second-order valence-electron chi connectivity index (χ2n) is 5.54. The van der Waals surface area contributed by atoms with Crippen LogP contribution in [0.25, 0.3) is 0 Å². The number of piperidine rings is 1. The Morgan fingerprint density at radius 3 is 2.54 bits per heavy atom. The van der Waals surface area contributed by atoms with Gasteiger partial charge in [0.15, 0.2) is 11.5 Å². The van der Waals surface area contributed by atoms with E-state index >= 15 is 0 Å². The predicted molar refractivity (Wildman–Crippen MR) is 97.2 cm³/mol. The van der Waals surface area contributed by atoms with Crippen LogP contribution in [-0.2, 0) is 10.0 Å². The summed E-state index contributed by atoms with van der Waals surface area (Å²) in [5.41, 5.74) is 0. The molecule has 0 aromatic heterocycles. The Labute approximate surface area is 154 Å². The van der Waals surface area contributed by atoms with Gasteiger partial charge >= 0.3 is 0 Å². The maximum Gasteiger partial charge on any atom is 0.242 e. The Bertz CT molecular complexity index is 635. The van der Waals surface area contributed by atoms with Gasteiger partial charge < -0.3 is 14.8 Å². The summed E-state index contributed by atoms with van der Waals surface area (Å²) in [6.07, 6.45) is 3.07. The van der Waals surface area contributed by atoms with Gasteiger partial charge in [0, 0.05) is 18.7 Å². The Kier molecular flexibility index (Phi) is 8.59. The zero-order valence-electron chi connectivity index (χ0n) is 13.8. The standard InChI is InChI=1S/C15H23ClN2O4S.ClH/c1-21-13-8-12(16)15(9-14(13)22-2)23(19,20)18-7-5-11-4-3-6-17-10-11;/h8-9,11,17-18H,3-7,10H2,1-2H3;1H. The first-order chi connectivity index (χ1) is 11.0. The Hall–Kier alpha value is -0.730. The highest BCUT2D eigenvalue weighted by molar-refractivity contribution is 7.89. The second-order valence-corrected chi connectivity index (χ2v) is 7.68. The molecule has 2 N–H and O–H groups in total. The summed E-state index contributed by atoms with van der Waals surface area (Å²) in [4.78, 5) is -0.00131. The quantitative estimate of drug-likeness (QED) is 0.737. The van der Waals surface area contributed by atoms with Crippen LogP contribution < -0.4 is 19.5 Å². The maximum atomic E-state index is 12.5. The van der Waals surface area contributed by atoms with Gasteiger partial charge in [0.05, 0.1) is 19.2 Å². The number of hydrogen-bond donors (Lipinski definition) is 2. The minimum Gasteiger partial charge on any atom is -0.493 e. The van der Waals surface area contributed by atoms with Crippen molar-refractivity contribution >= 4 is 34.0 Å². The van der Waals surface area contributed by atoms with Gasteiger partial charge in [-0.3, -0.25) is 0 Å². The number of benzene rings is 1. The number of ether oxygens (including phenoxy) is 2. The Morgan fingerprint density at radius 2 is 1.96 bits per heavy atom. The molecule has 0 saturated carbocycles. The molecular formula is C15H24Cl2N2O4S. The van der Waals surface area contributed by atoms with Gasteiger partial charge in [0.1, 0.15) is 4.90 Å². The monoisotopic (exact) mass is 398 g/mol. The predicted octanol–water partition coefficient (Wildman–Crippen LogP) is 2.45. The van der Waals surface area contributed by atoms with E-state index in [1.54, 1.807) is 0 Å². The molecule has 1 unspecified atom stereocenters. The van der Waals surface area contributed by atoms with E-state index in [1.165, 1.54) is 26.4 Å². The molecule has 0 aliphatic carbocycles. The highest BCUT2D eigenvalue weighted by atomic mass is 35.5. The van der Waals surface area contributed by atoms with Crippen LogP contribution in [0, 0.1) is 5.92 Å². The molecule has 1 aromatic rings. The van der Waals surface area contributed by atoms with Crippen LogP contribution in [0.1, 0.15) is 19.3 Å². The molecule has 0 bridgehead atoms. The maximum absolute atomic E-state index is 12.5. The third-order valence-corrected chi connectivity index (χ3v) is 5.90. The van der Waals surface area contributed by atoms with E-state index in [0.29, 0.717) is 24.0 Å². The van der Waals surface area contributed by atoms with Gasteiger partial charge in [-0.1, -0.05) is 11.6 Å². The van der Waals surface area contributed by atoms with E-state index in [9.17, 15) is 8.42 Å². The molecule has 1 saturated heterocycles. The molecule has 138 valence electrons. The van der Waals surface area contributed by atoms with E-state index in [-0.39, 0.29) is 22.3 Å². The van der Waals surface area contributed by atoms with Gasteiger partial charge in [-0.25, -0.2) is 13.1 Å². The van der Waals surface area contributed by atoms with Crippen molar-refractivity contribution in [1.82, 2.24) is 10.0 Å². The lowest BCUT2D eigenvalue weighted by atomic mass is 9.96. The molecule has 24 heavy (non-hydrogen) atoms. The first kappa shape index (κ1) is 21.3. The van der Waals surface area contributed by atoms with E-state index in [4.69, 9.17) is 21.1 Å². The fourth-order valence-electron chi connectivity index (χ4n) is 2.69. The minimum atomic E-state index is -3.69. The molecule has 1 fully saturated rings. The third-order valence-electron chi connectivity index (χ3n) is 3.97. The van der Waals surface area contributed by atoms with Crippen molar-refractivity contribution in [3.8, 4) is 11.5 Å². The first-order valence-electron chi connectivity index (χ1n) is 7.60. The van der Waals surface area contributed by atoms with Gasteiger partial charge in [-0.15, -0.1) is 12.4 Å². The molecule has 1 aliphatic rings. The highest BCUT2D eigenvalue weighted by Crippen LogP contribution is 2.35. The summed E-state index contributed by atoms with van der Waals surface area (Å²) < 4.78 is 37.8. The fourth-order valence-corrected chi connectivity index (χ4v) is 4.27. The van der Waals surface area contributed by atoms with Crippen molar-refractivity contribution in [3.63, 3.8) is 0 Å². The molecule has 0 spiro atoms. The first-order valence-corrected chi connectivity index (χ1v) is 9.46. The van der Waals surface area contributed by atoms with Crippen molar-refractivity contribution in [2.75, 3.05) is 33.9 Å². The number of halogens is 2. The molecule has 9 heteroatoms. The molecule has 1 aromatic carbocycles. The van der Waals surface area contributed by atoms with Crippen LogP contribution in [0.15, 0.2) is 17.0 Å². The van der Waals surface area contributed by atoms with Crippen LogP contribution in [0.4, 0.5) is 0 Å². The third kappa shape index (κ3) is 5.39. The smallest absolute Gasteiger partial charge is 0.242 e. The van der Waals surface area contributed by atoms with Gasteiger partial charge in [0.25, 0.3) is 0 Å². The zero-order valence-corrected chi connectivity index (χ0v) is 16.2. The lowest BCUT2D eigenvalue weighted by molar-refractivity contribution is 0.353. The van der Waals surface area contributed by atoms with E-state index in [2.05, 4.69) is 10.0 Å². The molecule has 6 nitrogen and oxygen atoms in total. The molecule has 0 amide bonds. The van der Waals surface area contributed by atoms with Crippen molar-refractivity contribution in [1.29, 1.82) is 0 Å². The highest BCUT2D eigenvalue weighted by Gasteiger charge is 2.22. The van der Waals surface area contributed by atoms with Gasteiger partial charge in [0.2, 0.25) is 10.0 Å². The zero-order chi connectivity index (χ0) is 16.9. The minimum absolute atomic E-state index is 0. The van der Waals surface area contributed by atoms with Crippen molar-refractivity contribution in [2.45, 2.75) is 24.2 Å².